The monoisotopic (exact) mass is 337 g/mol. The Morgan fingerprint density at radius 2 is 2.20 bits per heavy atom. The SMILES string of the molecule is O=C(N[C@H]1CN2CCC1CC2)c1n[nH]c2cc(-c3ncco3)ccc12. The number of aromatic nitrogens is 3. The smallest absolute Gasteiger partial charge is 0.272 e. The molecule has 3 aliphatic heterocycles. The molecule has 3 fully saturated rings. The molecule has 7 heteroatoms. The van der Waals surface area contributed by atoms with Gasteiger partial charge in [0.15, 0.2) is 5.69 Å². The summed E-state index contributed by atoms with van der Waals surface area (Å²) in [5.74, 6) is 1.04. The van der Waals surface area contributed by atoms with Gasteiger partial charge in [-0.3, -0.25) is 9.89 Å². The van der Waals surface area contributed by atoms with E-state index in [1.165, 1.54) is 12.8 Å². The molecule has 3 saturated heterocycles. The summed E-state index contributed by atoms with van der Waals surface area (Å²) in [7, 11) is 0. The summed E-state index contributed by atoms with van der Waals surface area (Å²) in [5, 5.41) is 11.2. The second-order valence-electron chi connectivity index (χ2n) is 6.89. The molecule has 0 aliphatic carbocycles. The zero-order valence-corrected chi connectivity index (χ0v) is 13.7. The predicted octanol–water partition coefficient (Wildman–Crippen LogP) is 2.04. The second-order valence-corrected chi connectivity index (χ2v) is 6.89. The molecule has 1 amide bonds. The fourth-order valence-electron chi connectivity index (χ4n) is 4.06. The molecule has 25 heavy (non-hydrogen) atoms. The van der Waals surface area contributed by atoms with Crippen LogP contribution < -0.4 is 5.32 Å². The van der Waals surface area contributed by atoms with Crippen LogP contribution in [0.4, 0.5) is 0 Å². The van der Waals surface area contributed by atoms with Crippen LogP contribution in [0.2, 0.25) is 0 Å². The number of hydrogen-bond donors (Lipinski definition) is 2. The number of benzene rings is 1. The molecule has 0 saturated carbocycles. The van der Waals surface area contributed by atoms with E-state index in [1.807, 2.05) is 18.2 Å². The Morgan fingerprint density at radius 3 is 2.92 bits per heavy atom. The molecule has 0 spiro atoms. The molecular formula is C18H19N5O2. The molecule has 3 aliphatic rings. The highest BCUT2D eigenvalue weighted by molar-refractivity contribution is 6.05. The van der Waals surface area contributed by atoms with Crippen LogP contribution in [0.25, 0.3) is 22.4 Å². The van der Waals surface area contributed by atoms with Crippen LogP contribution in [0.3, 0.4) is 0 Å². The van der Waals surface area contributed by atoms with E-state index in [1.54, 1.807) is 12.5 Å². The topological polar surface area (TPSA) is 87.0 Å². The van der Waals surface area contributed by atoms with E-state index < -0.39 is 0 Å². The van der Waals surface area contributed by atoms with Gasteiger partial charge in [-0.2, -0.15) is 5.10 Å². The minimum absolute atomic E-state index is 0.103. The van der Waals surface area contributed by atoms with E-state index in [4.69, 9.17) is 4.42 Å². The number of fused-ring (bicyclic) bond motifs is 4. The summed E-state index contributed by atoms with van der Waals surface area (Å²) in [4.78, 5) is 19.3. The molecule has 2 bridgehead atoms. The van der Waals surface area contributed by atoms with Crippen molar-refractivity contribution in [1.29, 1.82) is 0 Å². The highest BCUT2D eigenvalue weighted by Gasteiger charge is 2.35. The van der Waals surface area contributed by atoms with E-state index >= 15 is 0 Å². The van der Waals surface area contributed by atoms with E-state index in [9.17, 15) is 4.79 Å². The zero-order valence-electron chi connectivity index (χ0n) is 13.7. The molecule has 0 unspecified atom stereocenters. The van der Waals surface area contributed by atoms with Gasteiger partial charge < -0.3 is 14.6 Å². The Bertz CT molecular complexity index is 909. The van der Waals surface area contributed by atoms with Crippen LogP contribution in [-0.4, -0.2) is 51.7 Å². The molecule has 1 aromatic carbocycles. The minimum atomic E-state index is -0.103. The standard InChI is InChI=1S/C18H19N5O2/c24-17(20-15-10-23-6-3-11(15)4-7-23)16-13-2-1-12(9-14(13)21-22-16)18-19-5-8-25-18/h1-2,5,8-9,11,15H,3-4,6-7,10H2,(H,20,24)(H,21,22)/t15-/m0/s1. The molecule has 6 rings (SSSR count). The number of piperidine rings is 3. The van der Waals surface area contributed by atoms with Gasteiger partial charge in [0, 0.05) is 23.5 Å². The first-order valence-corrected chi connectivity index (χ1v) is 8.69. The van der Waals surface area contributed by atoms with Gasteiger partial charge in [-0.25, -0.2) is 4.98 Å². The number of carbonyl (C=O) groups is 1. The lowest BCUT2D eigenvalue weighted by Gasteiger charge is -2.44. The number of hydrogen-bond acceptors (Lipinski definition) is 5. The van der Waals surface area contributed by atoms with Gasteiger partial charge in [-0.15, -0.1) is 0 Å². The van der Waals surface area contributed by atoms with E-state index in [-0.39, 0.29) is 11.9 Å². The quantitative estimate of drug-likeness (QED) is 0.764. The molecule has 128 valence electrons. The van der Waals surface area contributed by atoms with E-state index in [0.717, 1.165) is 36.1 Å². The van der Waals surface area contributed by atoms with Gasteiger partial charge in [0.05, 0.1) is 11.7 Å². The van der Waals surface area contributed by atoms with Gasteiger partial charge >= 0.3 is 0 Å². The molecule has 7 nitrogen and oxygen atoms in total. The van der Waals surface area contributed by atoms with Crippen LogP contribution in [-0.2, 0) is 0 Å². The molecule has 5 heterocycles. The van der Waals surface area contributed by atoms with Gasteiger partial charge in [-0.05, 0) is 50.0 Å². The number of H-pyrrole nitrogens is 1. The van der Waals surface area contributed by atoms with Crippen LogP contribution in [0, 0.1) is 5.92 Å². The molecule has 0 radical (unpaired) electrons. The maximum atomic E-state index is 12.7. The number of oxazole rings is 1. The summed E-state index contributed by atoms with van der Waals surface area (Å²) >= 11 is 0. The lowest BCUT2D eigenvalue weighted by molar-refractivity contribution is 0.0618. The number of amides is 1. The van der Waals surface area contributed by atoms with Crippen molar-refractivity contribution in [3.8, 4) is 11.5 Å². The first-order valence-electron chi connectivity index (χ1n) is 8.69. The Labute approximate surface area is 144 Å². The Hall–Kier alpha value is -2.67. The first kappa shape index (κ1) is 14.7. The Kier molecular flexibility index (Phi) is 3.34. The lowest BCUT2D eigenvalue weighted by Crippen LogP contribution is -2.57. The van der Waals surface area contributed by atoms with Gasteiger partial charge in [0.25, 0.3) is 5.91 Å². The van der Waals surface area contributed by atoms with Gasteiger partial charge in [-0.1, -0.05) is 0 Å². The third-order valence-electron chi connectivity index (χ3n) is 5.43. The summed E-state index contributed by atoms with van der Waals surface area (Å²) < 4.78 is 5.32. The number of carbonyl (C=O) groups excluding carboxylic acids is 1. The van der Waals surface area contributed by atoms with Crippen molar-refractivity contribution >= 4 is 16.8 Å². The van der Waals surface area contributed by atoms with Crippen LogP contribution in [0.1, 0.15) is 23.3 Å². The predicted molar refractivity (Wildman–Crippen MR) is 92.0 cm³/mol. The number of rotatable bonds is 3. The average Bonchev–Trinajstić information content (AvgIpc) is 3.32. The minimum Gasteiger partial charge on any atom is -0.445 e. The molecule has 2 N–H and O–H groups in total. The maximum Gasteiger partial charge on any atom is 0.272 e. The average molecular weight is 337 g/mol. The number of aromatic amines is 1. The summed E-state index contributed by atoms with van der Waals surface area (Å²) in [6.07, 6.45) is 5.50. The number of nitrogens with zero attached hydrogens (tertiary/aromatic N) is 3. The fourth-order valence-corrected chi connectivity index (χ4v) is 4.06. The molecule has 2 aromatic heterocycles. The summed E-state index contributed by atoms with van der Waals surface area (Å²) in [5.41, 5.74) is 2.10. The zero-order chi connectivity index (χ0) is 16.8. The van der Waals surface area contributed by atoms with Crippen LogP contribution in [0.15, 0.2) is 35.1 Å². The fraction of sp³-hybridized carbons (Fsp3) is 0.389. The van der Waals surface area contributed by atoms with Crippen molar-refractivity contribution in [3.05, 3.63) is 36.4 Å². The Balaban J connectivity index is 1.40. The molecular weight excluding hydrogens is 318 g/mol. The van der Waals surface area contributed by atoms with Crippen molar-refractivity contribution < 1.29 is 9.21 Å². The summed E-state index contributed by atoms with van der Waals surface area (Å²) in [6, 6.07) is 5.92. The highest BCUT2D eigenvalue weighted by atomic mass is 16.3. The largest absolute Gasteiger partial charge is 0.445 e. The van der Waals surface area contributed by atoms with Crippen molar-refractivity contribution in [2.75, 3.05) is 19.6 Å². The van der Waals surface area contributed by atoms with Crippen molar-refractivity contribution in [1.82, 2.24) is 25.4 Å². The molecule has 3 aromatic rings. The summed E-state index contributed by atoms with van der Waals surface area (Å²) in [6.45, 7) is 3.27. The van der Waals surface area contributed by atoms with Crippen molar-refractivity contribution in [3.63, 3.8) is 0 Å². The second kappa shape index (κ2) is 5.70. The molecule has 1 atom stereocenters. The maximum absolute atomic E-state index is 12.7. The third kappa shape index (κ3) is 2.51. The normalized spacial score (nSPS) is 25.4. The van der Waals surface area contributed by atoms with Crippen LogP contribution >= 0.6 is 0 Å². The number of nitrogens with one attached hydrogen (secondary N) is 2. The Morgan fingerprint density at radius 1 is 1.32 bits per heavy atom. The third-order valence-corrected chi connectivity index (χ3v) is 5.43. The van der Waals surface area contributed by atoms with Crippen molar-refractivity contribution in [2.45, 2.75) is 18.9 Å². The van der Waals surface area contributed by atoms with Crippen molar-refractivity contribution in [2.24, 2.45) is 5.92 Å². The van der Waals surface area contributed by atoms with E-state index in [2.05, 4.69) is 25.4 Å². The first-order chi connectivity index (χ1) is 12.3. The van der Waals surface area contributed by atoms with Gasteiger partial charge in [0.2, 0.25) is 5.89 Å². The highest BCUT2D eigenvalue weighted by Crippen LogP contribution is 2.28. The van der Waals surface area contributed by atoms with E-state index in [0.29, 0.717) is 17.5 Å². The van der Waals surface area contributed by atoms with Crippen LogP contribution in [0.5, 0.6) is 0 Å². The van der Waals surface area contributed by atoms with Gasteiger partial charge in [0.1, 0.15) is 6.26 Å². The lowest BCUT2D eigenvalue weighted by atomic mass is 9.84.